The Hall–Kier alpha value is -1.59. The fraction of sp³-hybridized carbons (Fsp3) is 0.854. The van der Waals surface area contributed by atoms with Crippen LogP contribution in [0.1, 0.15) is 206 Å². The molecule has 9 nitrogen and oxygen atoms in total. The fourth-order valence-electron chi connectivity index (χ4n) is 7.36. The first-order valence-electron chi connectivity index (χ1n) is 23.7. The standard InChI is InChI=1S/C48H89NO8/c1-3-5-7-9-10-11-12-13-14-15-16-17-18-19-20-21-22-23-24-25-26-27-28-29-30-31-32-33-34-35-37-42(51)41(49-44(52)38-36-8-6-4-2)40-56-48-47(55)46(54)45(53)43(39-50)57-48/h27-28,31-32,35,37,41-43,45-48,50-51,53-55H,3-26,29-30,33-34,36,38-40H2,1-2H3,(H,49,52)/b28-27+,32-31+,37-35+. The summed E-state index contributed by atoms with van der Waals surface area (Å²) in [7, 11) is 0. The van der Waals surface area contributed by atoms with E-state index < -0.39 is 49.5 Å². The molecular formula is C48H89NO8. The molecule has 1 saturated heterocycles. The summed E-state index contributed by atoms with van der Waals surface area (Å²) in [6, 6.07) is -0.821. The van der Waals surface area contributed by atoms with Crippen LogP contribution in [0.25, 0.3) is 0 Å². The molecule has 57 heavy (non-hydrogen) atoms. The number of aliphatic hydroxyl groups is 5. The van der Waals surface area contributed by atoms with E-state index in [1.165, 1.54) is 135 Å². The van der Waals surface area contributed by atoms with E-state index in [0.717, 1.165) is 51.4 Å². The third-order valence-electron chi connectivity index (χ3n) is 11.2. The van der Waals surface area contributed by atoms with E-state index in [1.54, 1.807) is 6.08 Å². The molecule has 1 rings (SSSR count). The Kier molecular flexibility index (Phi) is 36.2. The molecule has 6 N–H and O–H groups in total. The topological polar surface area (TPSA) is 149 Å². The van der Waals surface area contributed by atoms with E-state index in [9.17, 15) is 30.3 Å². The summed E-state index contributed by atoms with van der Waals surface area (Å²) in [6.45, 7) is 3.62. The normalized spacial score (nSPS) is 21.3. The summed E-state index contributed by atoms with van der Waals surface area (Å²) in [5, 5.41) is 53.7. The summed E-state index contributed by atoms with van der Waals surface area (Å²) in [6.07, 6.45) is 41.5. The average molecular weight is 808 g/mol. The molecule has 0 aromatic carbocycles. The molecule has 0 saturated carbocycles. The first-order valence-corrected chi connectivity index (χ1v) is 23.7. The second kappa shape index (κ2) is 38.6. The Morgan fingerprint density at radius 1 is 0.579 bits per heavy atom. The van der Waals surface area contributed by atoms with E-state index in [1.807, 2.05) is 6.08 Å². The van der Waals surface area contributed by atoms with E-state index in [0.29, 0.717) is 6.42 Å². The smallest absolute Gasteiger partial charge is 0.220 e. The zero-order valence-corrected chi connectivity index (χ0v) is 36.6. The van der Waals surface area contributed by atoms with Gasteiger partial charge in [0.05, 0.1) is 25.4 Å². The molecule has 1 fully saturated rings. The Bertz CT molecular complexity index is 987. The van der Waals surface area contributed by atoms with Crippen molar-refractivity contribution >= 4 is 5.91 Å². The van der Waals surface area contributed by atoms with Gasteiger partial charge in [-0.3, -0.25) is 4.79 Å². The van der Waals surface area contributed by atoms with Crippen molar-refractivity contribution in [1.82, 2.24) is 5.32 Å². The number of carbonyl (C=O) groups is 1. The monoisotopic (exact) mass is 808 g/mol. The minimum atomic E-state index is -1.57. The van der Waals surface area contributed by atoms with Crippen molar-refractivity contribution in [1.29, 1.82) is 0 Å². The Balaban J connectivity index is 2.13. The van der Waals surface area contributed by atoms with E-state index in [2.05, 4.69) is 43.5 Å². The van der Waals surface area contributed by atoms with E-state index >= 15 is 0 Å². The van der Waals surface area contributed by atoms with Gasteiger partial charge in [-0.2, -0.15) is 0 Å². The minimum absolute atomic E-state index is 0.206. The highest BCUT2D eigenvalue weighted by Gasteiger charge is 2.44. The maximum Gasteiger partial charge on any atom is 0.220 e. The molecule has 7 atom stereocenters. The van der Waals surface area contributed by atoms with Gasteiger partial charge in [-0.05, 0) is 44.9 Å². The van der Waals surface area contributed by atoms with Crippen LogP contribution < -0.4 is 5.32 Å². The number of nitrogens with one attached hydrogen (secondary N) is 1. The lowest BCUT2D eigenvalue weighted by atomic mass is 9.99. The van der Waals surface area contributed by atoms with Gasteiger partial charge in [0.2, 0.25) is 5.91 Å². The molecule has 1 aliphatic rings. The van der Waals surface area contributed by atoms with Crippen molar-refractivity contribution in [3.05, 3.63) is 36.5 Å². The van der Waals surface area contributed by atoms with Crippen LogP contribution in [-0.4, -0.2) is 87.5 Å². The van der Waals surface area contributed by atoms with Gasteiger partial charge in [-0.15, -0.1) is 0 Å². The number of ether oxygens (including phenoxy) is 2. The lowest BCUT2D eigenvalue weighted by molar-refractivity contribution is -0.302. The van der Waals surface area contributed by atoms with Gasteiger partial charge in [-0.1, -0.05) is 192 Å². The van der Waals surface area contributed by atoms with Gasteiger partial charge in [0, 0.05) is 6.42 Å². The van der Waals surface area contributed by atoms with Crippen molar-refractivity contribution in [3.63, 3.8) is 0 Å². The van der Waals surface area contributed by atoms with Crippen LogP contribution in [0.2, 0.25) is 0 Å². The van der Waals surface area contributed by atoms with Gasteiger partial charge in [0.15, 0.2) is 6.29 Å². The summed E-state index contributed by atoms with van der Waals surface area (Å²) >= 11 is 0. The van der Waals surface area contributed by atoms with Gasteiger partial charge in [0.25, 0.3) is 0 Å². The molecular weight excluding hydrogens is 719 g/mol. The summed E-state index contributed by atoms with van der Waals surface area (Å²) in [5.41, 5.74) is 0. The van der Waals surface area contributed by atoms with Crippen LogP contribution >= 0.6 is 0 Å². The molecule has 0 aliphatic carbocycles. The fourth-order valence-corrected chi connectivity index (χ4v) is 7.36. The molecule has 0 aromatic heterocycles. The Morgan fingerprint density at radius 2 is 1.00 bits per heavy atom. The molecule has 0 spiro atoms. The lowest BCUT2D eigenvalue weighted by Gasteiger charge is -2.40. The minimum Gasteiger partial charge on any atom is -0.394 e. The Morgan fingerprint density at radius 3 is 1.47 bits per heavy atom. The molecule has 9 heteroatoms. The van der Waals surface area contributed by atoms with E-state index in [4.69, 9.17) is 9.47 Å². The quantitative estimate of drug-likeness (QED) is 0.0266. The SMILES string of the molecule is CCCCCCCCCCCCCCCCCCCCCC/C=C/CC/C=C/CC/C=C/C(O)C(COC1OC(CO)C(O)C(O)C1O)NC(=O)CCCCCC. The number of aliphatic hydroxyl groups excluding tert-OH is 5. The first kappa shape index (κ1) is 53.4. The number of hydrogen-bond donors (Lipinski definition) is 6. The van der Waals surface area contributed by atoms with Gasteiger partial charge in [0.1, 0.15) is 24.4 Å². The largest absolute Gasteiger partial charge is 0.394 e. The zero-order chi connectivity index (χ0) is 41.6. The summed E-state index contributed by atoms with van der Waals surface area (Å²) in [4.78, 5) is 12.6. The molecule has 1 heterocycles. The molecule has 334 valence electrons. The van der Waals surface area contributed by atoms with Crippen molar-refractivity contribution in [2.24, 2.45) is 0 Å². The van der Waals surface area contributed by atoms with Crippen molar-refractivity contribution in [2.45, 2.75) is 249 Å². The van der Waals surface area contributed by atoms with Gasteiger partial charge < -0.3 is 40.3 Å². The number of rotatable bonds is 39. The molecule has 1 amide bonds. The highest BCUT2D eigenvalue weighted by atomic mass is 16.7. The van der Waals surface area contributed by atoms with Crippen molar-refractivity contribution in [3.8, 4) is 0 Å². The highest BCUT2D eigenvalue weighted by molar-refractivity contribution is 5.76. The van der Waals surface area contributed by atoms with Crippen LogP contribution in [-0.2, 0) is 14.3 Å². The number of amides is 1. The first-order chi connectivity index (χ1) is 27.8. The van der Waals surface area contributed by atoms with Crippen LogP contribution in [0.5, 0.6) is 0 Å². The average Bonchev–Trinajstić information content (AvgIpc) is 3.21. The maximum atomic E-state index is 12.6. The van der Waals surface area contributed by atoms with E-state index in [-0.39, 0.29) is 12.5 Å². The second-order valence-corrected chi connectivity index (χ2v) is 16.5. The number of hydrogen-bond acceptors (Lipinski definition) is 8. The summed E-state index contributed by atoms with van der Waals surface area (Å²) in [5.74, 6) is -0.210. The lowest BCUT2D eigenvalue weighted by Crippen LogP contribution is -2.60. The highest BCUT2D eigenvalue weighted by Crippen LogP contribution is 2.22. The second-order valence-electron chi connectivity index (χ2n) is 16.5. The van der Waals surface area contributed by atoms with Crippen LogP contribution in [0.3, 0.4) is 0 Å². The van der Waals surface area contributed by atoms with Crippen LogP contribution in [0, 0.1) is 0 Å². The predicted octanol–water partition coefficient (Wildman–Crippen LogP) is 10.1. The molecule has 7 unspecified atom stereocenters. The van der Waals surface area contributed by atoms with Crippen LogP contribution in [0.4, 0.5) is 0 Å². The molecule has 0 bridgehead atoms. The summed E-state index contributed by atoms with van der Waals surface area (Å²) < 4.78 is 11.1. The molecule has 1 aliphatic heterocycles. The number of unbranched alkanes of at least 4 members (excludes halogenated alkanes) is 25. The van der Waals surface area contributed by atoms with Gasteiger partial charge in [-0.25, -0.2) is 0 Å². The molecule has 0 radical (unpaired) electrons. The van der Waals surface area contributed by atoms with Crippen molar-refractivity contribution < 1.29 is 39.8 Å². The molecule has 0 aromatic rings. The maximum absolute atomic E-state index is 12.6. The zero-order valence-electron chi connectivity index (χ0n) is 36.6. The predicted molar refractivity (Wildman–Crippen MR) is 235 cm³/mol. The third kappa shape index (κ3) is 29.3. The number of carbonyl (C=O) groups excluding carboxylic acids is 1. The van der Waals surface area contributed by atoms with Crippen LogP contribution in [0.15, 0.2) is 36.5 Å². The Labute approximate surface area is 349 Å². The third-order valence-corrected chi connectivity index (χ3v) is 11.2. The number of allylic oxidation sites excluding steroid dienone is 5. The van der Waals surface area contributed by atoms with Crippen molar-refractivity contribution in [2.75, 3.05) is 13.2 Å². The van der Waals surface area contributed by atoms with Gasteiger partial charge >= 0.3 is 0 Å².